The SMILES string of the molecule is CC#CC(=O)N1C[C@@H](c2ccccc2)[C@@]2(CCCCCN2C(=O)c2cccc(C)c2)C1. The molecule has 0 N–H and O–H groups in total. The summed E-state index contributed by atoms with van der Waals surface area (Å²) in [7, 11) is 0. The van der Waals surface area contributed by atoms with Gasteiger partial charge in [0.1, 0.15) is 0 Å². The van der Waals surface area contributed by atoms with Crippen molar-refractivity contribution >= 4 is 11.8 Å². The molecule has 2 heterocycles. The van der Waals surface area contributed by atoms with Crippen molar-refractivity contribution in [2.45, 2.75) is 51.0 Å². The molecule has 0 saturated carbocycles. The number of aryl methyl sites for hydroxylation is 1. The van der Waals surface area contributed by atoms with Crippen LogP contribution in [-0.2, 0) is 4.79 Å². The van der Waals surface area contributed by atoms with Crippen molar-refractivity contribution in [3.63, 3.8) is 0 Å². The Kier molecular flexibility index (Phi) is 6.13. The summed E-state index contributed by atoms with van der Waals surface area (Å²) >= 11 is 0. The molecular formula is C27H30N2O2. The molecule has 2 aromatic rings. The number of benzene rings is 2. The first-order valence-corrected chi connectivity index (χ1v) is 11.2. The minimum Gasteiger partial charge on any atom is -0.330 e. The first-order chi connectivity index (χ1) is 15.0. The zero-order chi connectivity index (χ0) is 21.8. The number of nitrogens with zero attached hydrogens (tertiary/aromatic N) is 2. The molecule has 4 nitrogen and oxygen atoms in total. The summed E-state index contributed by atoms with van der Waals surface area (Å²) in [4.78, 5) is 30.6. The number of carbonyl (C=O) groups is 2. The van der Waals surface area contributed by atoms with Crippen LogP contribution in [0.3, 0.4) is 0 Å². The second-order valence-corrected chi connectivity index (χ2v) is 8.76. The van der Waals surface area contributed by atoms with Gasteiger partial charge in [0.25, 0.3) is 11.8 Å². The van der Waals surface area contributed by atoms with Crippen LogP contribution in [0, 0.1) is 18.8 Å². The van der Waals surface area contributed by atoms with Crippen molar-refractivity contribution in [1.29, 1.82) is 0 Å². The van der Waals surface area contributed by atoms with E-state index in [1.54, 1.807) is 6.92 Å². The van der Waals surface area contributed by atoms with Crippen LogP contribution in [0.25, 0.3) is 0 Å². The lowest BCUT2D eigenvalue weighted by Crippen LogP contribution is -2.56. The molecule has 0 aromatic heterocycles. The third-order valence-corrected chi connectivity index (χ3v) is 6.78. The van der Waals surface area contributed by atoms with Gasteiger partial charge in [-0.05, 0) is 50.3 Å². The average Bonchev–Trinajstić information content (AvgIpc) is 3.04. The highest BCUT2D eigenvalue weighted by molar-refractivity contribution is 5.96. The highest BCUT2D eigenvalue weighted by atomic mass is 16.2. The maximum absolute atomic E-state index is 13.8. The van der Waals surface area contributed by atoms with Gasteiger partial charge in [0.2, 0.25) is 0 Å². The zero-order valence-corrected chi connectivity index (χ0v) is 18.4. The second kappa shape index (κ2) is 8.98. The van der Waals surface area contributed by atoms with Crippen LogP contribution in [0.1, 0.15) is 60.0 Å². The van der Waals surface area contributed by atoms with Gasteiger partial charge in [-0.3, -0.25) is 9.59 Å². The van der Waals surface area contributed by atoms with Gasteiger partial charge in [0.05, 0.1) is 5.54 Å². The van der Waals surface area contributed by atoms with Crippen molar-refractivity contribution in [2.24, 2.45) is 0 Å². The summed E-state index contributed by atoms with van der Waals surface area (Å²) in [5.74, 6) is 5.46. The van der Waals surface area contributed by atoms with Crippen LogP contribution in [0.2, 0.25) is 0 Å². The first-order valence-electron chi connectivity index (χ1n) is 11.2. The predicted octanol–water partition coefficient (Wildman–Crippen LogP) is 4.40. The van der Waals surface area contributed by atoms with E-state index in [9.17, 15) is 9.59 Å². The Balaban J connectivity index is 1.80. The van der Waals surface area contributed by atoms with Crippen LogP contribution in [-0.4, -0.2) is 46.8 Å². The van der Waals surface area contributed by atoms with Crippen molar-refractivity contribution in [3.8, 4) is 11.8 Å². The maximum Gasteiger partial charge on any atom is 0.298 e. The molecule has 2 amide bonds. The molecule has 2 aliphatic heterocycles. The highest BCUT2D eigenvalue weighted by Gasteiger charge is 2.53. The van der Waals surface area contributed by atoms with E-state index in [1.807, 2.05) is 54.3 Å². The van der Waals surface area contributed by atoms with Gasteiger partial charge < -0.3 is 9.80 Å². The smallest absolute Gasteiger partial charge is 0.298 e. The number of hydrogen-bond acceptors (Lipinski definition) is 2. The van der Waals surface area contributed by atoms with Gasteiger partial charge in [0.15, 0.2) is 0 Å². The van der Waals surface area contributed by atoms with E-state index in [0.717, 1.165) is 43.4 Å². The fourth-order valence-corrected chi connectivity index (χ4v) is 5.34. The van der Waals surface area contributed by atoms with Crippen LogP contribution < -0.4 is 0 Å². The minimum absolute atomic E-state index is 0.0717. The topological polar surface area (TPSA) is 40.6 Å². The number of likely N-dealkylation sites (tertiary alicyclic amines) is 2. The highest BCUT2D eigenvalue weighted by Crippen LogP contribution is 2.46. The van der Waals surface area contributed by atoms with E-state index in [2.05, 4.69) is 28.9 Å². The Labute approximate surface area is 185 Å². The Hall–Kier alpha value is -3.06. The lowest BCUT2D eigenvalue weighted by atomic mass is 9.77. The van der Waals surface area contributed by atoms with Gasteiger partial charge in [0, 0.05) is 31.1 Å². The van der Waals surface area contributed by atoms with Crippen molar-refractivity contribution in [2.75, 3.05) is 19.6 Å². The molecular weight excluding hydrogens is 384 g/mol. The summed E-state index contributed by atoms with van der Waals surface area (Å²) in [6.07, 6.45) is 4.04. The summed E-state index contributed by atoms with van der Waals surface area (Å²) in [6.45, 7) is 5.56. The van der Waals surface area contributed by atoms with Gasteiger partial charge in [-0.1, -0.05) is 66.8 Å². The molecule has 2 aromatic carbocycles. The van der Waals surface area contributed by atoms with Gasteiger partial charge in [-0.2, -0.15) is 0 Å². The molecule has 2 atom stereocenters. The molecule has 4 rings (SSSR count). The second-order valence-electron chi connectivity index (χ2n) is 8.76. The predicted molar refractivity (Wildman–Crippen MR) is 123 cm³/mol. The zero-order valence-electron chi connectivity index (χ0n) is 18.4. The monoisotopic (exact) mass is 414 g/mol. The Morgan fingerprint density at radius 1 is 1.03 bits per heavy atom. The fraction of sp³-hybridized carbons (Fsp3) is 0.407. The van der Waals surface area contributed by atoms with E-state index in [0.29, 0.717) is 13.1 Å². The number of hydrogen-bond donors (Lipinski definition) is 0. The molecule has 2 aliphatic rings. The van der Waals surface area contributed by atoms with E-state index in [1.165, 1.54) is 5.56 Å². The quantitative estimate of drug-likeness (QED) is 0.684. The van der Waals surface area contributed by atoms with Crippen molar-refractivity contribution in [3.05, 3.63) is 71.3 Å². The van der Waals surface area contributed by atoms with Crippen molar-refractivity contribution in [1.82, 2.24) is 9.80 Å². The van der Waals surface area contributed by atoms with Crippen molar-refractivity contribution < 1.29 is 9.59 Å². The largest absolute Gasteiger partial charge is 0.330 e. The molecule has 31 heavy (non-hydrogen) atoms. The van der Waals surface area contributed by atoms with Gasteiger partial charge >= 0.3 is 0 Å². The molecule has 2 saturated heterocycles. The molecule has 0 bridgehead atoms. The van der Waals surface area contributed by atoms with Crippen LogP contribution in [0.5, 0.6) is 0 Å². The maximum atomic E-state index is 13.8. The standard InChI is InChI=1S/C27H30N2O2/c1-3-11-25(30)28-19-24(22-13-6-4-7-14-22)27(20-28)16-8-5-9-17-29(27)26(31)23-15-10-12-21(2)18-23/h4,6-7,10,12-15,18,24H,5,8-9,16-17,19-20H2,1-2H3/t24-,27+/m0/s1. The Bertz CT molecular complexity index is 1020. The molecule has 0 unspecified atom stereocenters. The van der Waals surface area contributed by atoms with Crippen LogP contribution in [0.15, 0.2) is 54.6 Å². The summed E-state index contributed by atoms with van der Waals surface area (Å²) < 4.78 is 0. The Morgan fingerprint density at radius 2 is 1.84 bits per heavy atom. The summed E-state index contributed by atoms with van der Waals surface area (Å²) in [5, 5.41) is 0. The summed E-state index contributed by atoms with van der Waals surface area (Å²) in [5.41, 5.74) is 2.58. The number of amides is 2. The molecule has 160 valence electrons. The van der Waals surface area contributed by atoms with Crippen LogP contribution in [0.4, 0.5) is 0 Å². The van der Waals surface area contributed by atoms with E-state index >= 15 is 0 Å². The van der Waals surface area contributed by atoms with E-state index in [-0.39, 0.29) is 17.7 Å². The lowest BCUT2D eigenvalue weighted by Gasteiger charge is -2.44. The average molecular weight is 415 g/mol. The van der Waals surface area contributed by atoms with E-state index in [4.69, 9.17) is 0 Å². The third-order valence-electron chi connectivity index (χ3n) is 6.78. The van der Waals surface area contributed by atoms with Gasteiger partial charge in [-0.25, -0.2) is 0 Å². The molecule has 0 aliphatic carbocycles. The van der Waals surface area contributed by atoms with Crippen LogP contribution >= 0.6 is 0 Å². The third kappa shape index (κ3) is 4.10. The lowest BCUT2D eigenvalue weighted by molar-refractivity contribution is -0.124. The van der Waals surface area contributed by atoms with Gasteiger partial charge in [-0.15, -0.1) is 0 Å². The number of rotatable bonds is 2. The van der Waals surface area contributed by atoms with E-state index < -0.39 is 5.54 Å². The molecule has 2 fully saturated rings. The minimum atomic E-state index is -0.413. The molecule has 4 heteroatoms. The first kappa shape index (κ1) is 21.2. The normalized spacial score (nSPS) is 23.2. The summed E-state index contributed by atoms with van der Waals surface area (Å²) in [6, 6.07) is 18.2. The molecule has 0 radical (unpaired) electrons. The Morgan fingerprint density at radius 3 is 2.58 bits per heavy atom. The fourth-order valence-electron chi connectivity index (χ4n) is 5.34. The number of carbonyl (C=O) groups excluding carboxylic acids is 2. The molecule has 1 spiro atoms.